The number of rotatable bonds is 1. The van der Waals surface area contributed by atoms with Crippen LogP contribution < -0.4 is 0 Å². The second kappa shape index (κ2) is 3.96. The van der Waals surface area contributed by atoms with Crippen molar-refractivity contribution in [3.05, 3.63) is 11.3 Å². The van der Waals surface area contributed by atoms with Crippen LogP contribution in [-0.2, 0) is 0 Å². The van der Waals surface area contributed by atoms with E-state index >= 15 is 0 Å². The van der Waals surface area contributed by atoms with Gasteiger partial charge in [0.2, 0.25) is 0 Å². The zero-order valence-corrected chi connectivity index (χ0v) is 11.4. The highest BCUT2D eigenvalue weighted by Gasteiger charge is 2.26. The van der Waals surface area contributed by atoms with Gasteiger partial charge in [0, 0.05) is 25.2 Å². The largest absolute Gasteiger partial charge is 0.381 e. The molecule has 84 valence electrons. The van der Waals surface area contributed by atoms with Crippen molar-refractivity contribution in [1.82, 2.24) is 4.90 Å². The molecule has 14 heavy (non-hydrogen) atoms. The quantitative estimate of drug-likeness (QED) is 0.616. The van der Waals surface area contributed by atoms with Crippen LogP contribution in [0.5, 0.6) is 0 Å². The van der Waals surface area contributed by atoms with E-state index < -0.39 is 0 Å². The van der Waals surface area contributed by atoms with Gasteiger partial charge in [0.1, 0.15) is 0 Å². The summed E-state index contributed by atoms with van der Waals surface area (Å²) in [4.78, 5) is 2.25. The molecule has 0 radical (unpaired) electrons. The van der Waals surface area contributed by atoms with Crippen LogP contribution in [0, 0.1) is 10.8 Å². The van der Waals surface area contributed by atoms with Crippen LogP contribution in [0.2, 0.25) is 0 Å². The number of hydrogen-bond donors (Lipinski definition) is 0. The summed E-state index contributed by atoms with van der Waals surface area (Å²) in [5, 5.41) is 0. The van der Waals surface area contributed by atoms with Crippen LogP contribution in [0.3, 0.4) is 0 Å². The van der Waals surface area contributed by atoms with Crippen LogP contribution in [0.1, 0.15) is 48.5 Å². The smallest absolute Gasteiger partial charge is 0.0176 e. The summed E-state index contributed by atoms with van der Waals surface area (Å²) in [6, 6.07) is 0. The standard InChI is InChI=1S/C13H27N/c1-10(12(2,3)4)11(14(8)9)13(5,6)7/h1-9H3/b11-10+. The van der Waals surface area contributed by atoms with Gasteiger partial charge in [-0.15, -0.1) is 0 Å². The van der Waals surface area contributed by atoms with Gasteiger partial charge in [-0.25, -0.2) is 0 Å². The minimum atomic E-state index is 0.223. The first-order chi connectivity index (χ1) is 5.98. The Kier molecular flexibility index (Phi) is 3.83. The molecular weight excluding hydrogens is 170 g/mol. The van der Waals surface area contributed by atoms with Crippen LogP contribution in [-0.4, -0.2) is 19.0 Å². The maximum absolute atomic E-state index is 2.28. The molecule has 0 aliphatic carbocycles. The fraction of sp³-hybridized carbons (Fsp3) is 0.846. The third kappa shape index (κ3) is 3.36. The Morgan fingerprint density at radius 2 is 1.14 bits per heavy atom. The molecule has 0 saturated heterocycles. The van der Waals surface area contributed by atoms with Crippen molar-refractivity contribution in [3.63, 3.8) is 0 Å². The average Bonchev–Trinajstić information content (AvgIpc) is 1.79. The summed E-state index contributed by atoms with van der Waals surface area (Å²) in [5.41, 5.74) is 3.41. The third-order valence-electron chi connectivity index (χ3n) is 2.64. The Labute approximate surface area is 90.2 Å². The lowest BCUT2D eigenvalue weighted by molar-refractivity contribution is 0.327. The summed E-state index contributed by atoms with van der Waals surface area (Å²) < 4.78 is 0. The van der Waals surface area contributed by atoms with E-state index in [1.54, 1.807) is 0 Å². The Bertz CT molecular complexity index is 221. The molecule has 0 saturated carbocycles. The molecule has 0 unspecified atom stereocenters. The van der Waals surface area contributed by atoms with E-state index in [9.17, 15) is 0 Å². The lowest BCUT2D eigenvalue weighted by Gasteiger charge is -2.36. The fourth-order valence-electron chi connectivity index (χ4n) is 1.92. The van der Waals surface area contributed by atoms with E-state index in [-0.39, 0.29) is 10.8 Å². The van der Waals surface area contributed by atoms with Crippen LogP contribution >= 0.6 is 0 Å². The predicted molar refractivity (Wildman–Crippen MR) is 65.3 cm³/mol. The molecule has 0 bridgehead atoms. The molecular formula is C13H27N. The van der Waals surface area contributed by atoms with Crippen LogP contribution in [0.4, 0.5) is 0 Å². The molecule has 0 aromatic heterocycles. The molecule has 0 heterocycles. The molecule has 0 rings (SSSR count). The summed E-state index contributed by atoms with van der Waals surface area (Å²) in [6.07, 6.45) is 0. The van der Waals surface area contributed by atoms with E-state index in [2.05, 4.69) is 67.5 Å². The van der Waals surface area contributed by atoms with Gasteiger partial charge in [-0.1, -0.05) is 41.5 Å². The monoisotopic (exact) mass is 197 g/mol. The second-order valence-electron chi connectivity index (χ2n) is 6.37. The van der Waals surface area contributed by atoms with Gasteiger partial charge >= 0.3 is 0 Å². The Morgan fingerprint density at radius 1 is 0.786 bits per heavy atom. The van der Waals surface area contributed by atoms with Crippen molar-refractivity contribution >= 4 is 0 Å². The SMILES string of the molecule is C/C(=C(\N(C)C)C(C)(C)C)C(C)(C)C. The summed E-state index contributed by atoms with van der Waals surface area (Å²) in [6.45, 7) is 15.9. The van der Waals surface area contributed by atoms with Gasteiger partial charge < -0.3 is 4.90 Å². The maximum Gasteiger partial charge on any atom is 0.0176 e. The minimum absolute atomic E-state index is 0.223. The van der Waals surface area contributed by atoms with Gasteiger partial charge in [-0.05, 0) is 17.9 Å². The van der Waals surface area contributed by atoms with E-state index in [4.69, 9.17) is 0 Å². The van der Waals surface area contributed by atoms with Crippen molar-refractivity contribution in [2.24, 2.45) is 10.8 Å². The average molecular weight is 197 g/mol. The molecule has 0 amide bonds. The van der Waals surface area contributed by atoms with Gasteiger partial charge in [0.25, 0.3) is 0 Å². The normalized spacial score (nSPS) is 15.2. The number of hydrogen-bond acceptors (Lipinski definition) is 1. The maximum atomic E-state index is 2.28. The number of allylic oxidation sites excluding steroid dienone is 2. The molecule has 0 N–H and O–H groups in total. The molecule has 0 aromatic rings. The lowest BCUT2D eigenvalue weighted by atomic mass is 9.79. The highest BCUT2D eigenvalue weighted by Crippen LogP contribution is 2.36. The zero-order chi connectivity index (χ0) is 11.7. The summed E-state index contributed by atoms with van der Waals surface area (Å²) >= 11 is 0. The van der Waals surface area contributed by atoms with Gasteiger partial charge in [-0.3, -0.25) is 0 Å². The first kappa shape index (κ1) is 13.5. The van der Waals surface area contributed by atoms with Gasteiger partial charge in [-0.2, -0.15) is 0 Å². The molecule has 1 nitrogen and oxygen atoms in total. The van der Waals surface area contributed by atoms with Crippen molar-refractivity contribution < 1.29 is 0 Å². The lowest BCUT2D eigenvalue weighted by Crippen LogP contribution is -2.28. The van der Waals surface area contributed by atoms with Crippen molar-refractivity contribution in [3.8, 4) is 0 Å². The Balaban J connectivity index is 5.41. The van der Waals surface area contributed by atoms with Crippen molar-refractivity contribution in [2.45, 2.75) is 48.5 Å². The highest BCUT2D eigenvalue weighted by molar-refractivity contribution is 5.21. The zero-order valence-electron chi connectivity index (χ0n) is 11.4. The van der Waals surface area contributed by atoms with Crippen molar-refractivity contribution in [1.29, 1.82) is 0 Å². The second-order valence-corrected chi connectivity index (χ2v) is 6.37. The fourth-order valence-corrected chi connectivity index (χ4v) is 1.92. The molecule has 0 aliphatic heterocycles. The molecule has 0 atom stereocenters. The highest BCUT2D eigenvalue weighted by atomic mass is 15.1. The Morgan fingerprint density at radius 3 is 1.21 bits per heavy atom. The minimum Gasteiger partial charge on any atom is -0.381 e. The van der Waals surface area contributed by atoms with E-state index in [0.717, 1.165) is 0 Å². The molecule has 0 aliphatic rings. The van der Waals surface area contributed by atoms with E-state index in [1.807, 2.05) is 0 Å². The third-order valence-corrected chi connectivity index (χ3v) is 2.64. The number of nitrogens with zero attached hydrogens (tertiary/aromatic N) is 1. The van der Waals surface area contributed by atoms with E-state index in [0.29, 0.717) is 0 Å². The Hall–Kier alpha value is -0.460. The molecule has 0 spiro atoms. The first-order valence-electron chi connectivity index (χ1n) is 5.37. The molecule has 0 fully saturated rings. The first-order valence-corrected chi connectivity index (χ1v) is 5.37. The van der Waals surface area contributed by atoms with Gasteiger partial charge in [0.15, 0.2) is 0 Å². The summed E-state index contributed by atoms with van der Waals surface area (Å²) in [5.74, 6) is 0. The van der Waals surface area contributed by atoms with E-state index in [1.165, 1.54) is 11.3 Å². The summed E-state index contributed by atoms with van der Waals surface area (Å²) in [7, 11) is 4.27. The van der Waals surface area contributed by atoms with Gasteiger partial charge in [0.05, 0.1) is 0 Å². The van der Waals surface area contributed by atoms with Crippen LogP contribution in [0.25, 0.3) is 0 Å². The predicted octanol–water partition coefficient (Wildman–Crippen LogP) is 3.91. The molecule has 0 aromatic carbocycles. The topological polar surface area (TPSA) is 3.24 Å². The van der Waals surface area contributed by atoms with Crippen LogP contribution in [0.15, 0.2) is 11.3 Å². The molecule has 1 heteroatoms. The van der Waals surface area contributed by atoms with Crippen molar-refractivity contribution in [2.75, 3.05) is 14.1 Å².